The van der Waals surface area contributed by atoms with E-state index in [1.165, 1.54) is 5.56 Å². The predicted octanol–water partition coefficient (Wildman–Crippen LogP) is 4.00. The fourth-order valence-corrected chi connectivity index (χ4v) is 2.84. The monoisotopic (exact) mass is 419 g/mol. The molecule has 0 saturated carbocycles. The number of rotatable bonds is 9. The summed E-state index contributed by atoms with van der Waals surface area (Å²) in [5, 5.41) is 3.99. The summed E-state index contributed by atoms with van der Waals surface area (Å²) in [7, 11) is 0. The lowest BCUT2D eigenvalue weighted by Crippen LogP contribution is -2.19. The van der Waals surface area contributed by atoms with Gasteiger partial charge in [-0.2, -0.15) is 4.98 Å². The quantitative estimate of drug-likeness (QED) is 0.436. The van der Waals surface area contributed by atoms with E-state index < -0.39 is 5.91 Å². The number of furan rings is 1. The fraction of sp³-hybridized carbons (Fsp3) is 0.174. The summed E-state index contributed by atoms with van der Waals surface area (Å²) in [6.07, 6.45) is 0.987. The van der Waals surface area contributed by atoms with E-state index in [4.69, 9.17) is 24.1 Å². The number of primary amides is 1. The second-order valence-electron chi connectivity index (χ2n) is 6.75. The van der Waals surface area contributed by atoms with Gasteiger partial charge in [-0.25, -0.2) is 0 Å². The van der Waals surface area contributed by atoms with Gasteiger partial charge < -0.3 is 24.1 Å². The van der Waals surface area contributed by atoms with Crippen molar-refractivity contribution in [3.05, 3.63) is 72.0 Å². The summed E-state index contributed by atoms with van der Waals surface area (Å²) in [4.78, 5) is 15.2. The van der Waals surface area contributed by atoms with Crippen LogP contribution >= 0.6 is 0 Å². The van der Waals surface area contributed by atoms with E-state index in [0.29, 0.717) is 29.7 Å². The first-order valence-electron chi connectivity index (χ1n) is 9.77. The maximum absolute atomic E-state index is 10.8. The zero-order valence-corrected chi connectivity index (χ0v) is 16.9. The molecule has 8 nitrogen and oxygen atoms in total. The molecule has 158 valence electrons. The maximum atomic E-state index is 10.8. The Morgan fingerprint density at radius 2 is 1.68 bits per heavy atom. The van der Waals surface area contributed by atoms with E-state index in [2.05, 4.69) is 17.1 Å². The topological polar surface area (TPSA) is 114 Å². The highest BCUT2D eigenvalue weighted by Gasteiger charge is 2.15. The average molecular weight is 419 g/mol. The van der Waals surface area contributed by atoms with Crippen molar-refractivity contribution >= 4 is 5.91 Å². The van der Waals surface area contributed by atoms with Crippen molar-refractivity contribution < 1.29 is 23.2 Å². The van der Waals surface area contributed by atoms with Gasteiger partial charge in [-0.1, -0.05) is 24.2 Å². The lowest BCUT2D eigenvalue weighted by atomic mass is 10.2. The number of benzene rings is 2. The summed E-state index contributed by atoms with van der Waals surface area (Å²) in [5.74, 6) is 2.53. The Balaban J connectivity index is 1.38. The van der Waals surface area contributed by atoms with Crippen molar-refractivity contribution in [3.63, 3.8) is 0 Å². The van der Waals surface area contributed by atoms with Crippen molar-refractivity contribution in [2.24, 2.45) is 5.73 Å². The molecule has 2 heterocycles. The van der Waals surface area contributed by atoms with Gasteiger partial charge >= 0.3 is 0 Å². The number of carbonyl (C=O) groups excluding carboxylic acids is 1. The molecule has 0 unspecified atom stereocenters. The molecule has 1 amide bonds. The first kappa shape index (κ1) is 20.2. The van der Waals surface area contributed by atoms with Crippen LogP contribution in [0.15, 0.2) is 69.6 Å². The SMILES string of the molecule is CCc1ccc(OCc2ccc(-c3nc(-c4ccc(OCC(N)=O)cc4)no3)o2)cc1. The van der Waals surface area contributed by atoms with Crippen LogP contribution in [0, 0.1) is 0 Å². The van der Waals surface area contributed by atoms with E-state index in [9.17, 15) is 4.79 Å². The number of carbonyl (C=O) groups is 1. The average Bonchev–Trinajstić information content (AvgIpc) is 3.47. The Morgan fingerprint density at radius 1 is 0.968 bits per heavy atom. The van der Waals surface area contributed by atoms with Crippen LogP contribution in [-0.4, -0.2) is 22.7 Å². The number of hydrogen-bond acceptors (Lipinski definition) is 7. The molecule has 0 aliphatic heterocycles. The third-order valence-electron chi connectivity index (χ3n) is 4.50. The normalized spacial score (nSPS) is 10.7. The Labute approximate surface area is 178 Å². The minimum atomic E-state index is -0.537. The number of nitrogens with two attached hydrogens (primary N) is 1. The summed E-state index contributed by atoms with van der Waals surface area (Å²) in [6, 6.07) is 18.5. The van der Waals surface area contributed by atoms with Gasteiger partial charge in [-0.05, 0) is 60.5 Å². The third kappa shape index (κ3) is 5.11. The van der Waals surface area contributed by atoms with E-state index in [-0.39, 0.29) is 12.5 Å². The smallest absolute Gasteiger partial charge is 0.293 e. The molecule has 31 heavy (non-hydrogen) atoms. The van der Waals surface area contributed by atoms with Crippen LogP contribution in [0.4, 0.5) is 0 Å². The molecule has 0 bridgehead atoms. The zero-order valence-electron chi connectivity index (χ0n) is 16.9. The van der Waals surface area contributed by atoms with Gasteiger partial charge in [0.15, 0.2) is 12.4 Å². The molecule has 2 aromatic heterocycles. The molecule has 2 N–H and O–H groups in total. The van der Waals surface area contributed by atoms with E-state index in [0.717, 1.165) is 17.7 Å². The van der Waals surface area contributed by atoms with Crippen LogP contribution in [0.2, 0.25) is 0 Å². The van der Waals surface area contributed by atoms with Crippen LogP contribution in [0.1, 0.15) is 18.2 Å². The standard InChI is InChI=1S/C23H21N3O5/c1-2-15-3-7-17(8-4-15)28-13-19-11-12-20(30-19)23-25-22(26-31-23)16-5-9-18(10-6-16)29-14-21(24)27/h3-12H,2,13-14H2,1H3,(H2,24,27). The Morgan fingerprint density at radius 3 is 2.39 bits per heavy atom. The van der Waals surface area contributed by atoms with Crippen LogP contribution in [0.3, 0.4) is 0 Å². The Hall–Kier alpha value is -4.07. The first-order chi connectivity index (χ1) is 15.1. The molecule has 0 saturated heterocycles. The van der Waals surface area contributed by atoms with Crippen LogP contribution in [-0.2, 0) is 17.8 Å². The summed E-state index contributed by atoms with van der Waals surface area (Å²) < 4.78 is 22.1. The lowest BCUT2D eigenvalue weighted by Gasteiger charge is -2.04. The Bertz CT molecular complexity index is 1150. The third-order valence-corrected chi connectivity index (χ3v) is 4.50. The number of ether oxygens (including phenoxy) is 2. The number of aryl methyl sites for hydroxylation is 1. The van der Waals surface area contributed by atoms with Gasteiger partial charge in [-0.15, -0.1) is 0 Å². The summed E-state index contributed by atoms with van der Waals surface area (Å²) in [6.45, 7) is 2.22. The van der Waals surface area contributed by atoms with E-state index >= 15 is 0 Å². The second-order valence-corrected chi connectivity index (χ2v) is 6.75. The number of amides is 1. The molecular weight excluding hydrogens is 398 g/mol. The molecule has 0 spiro atoms. The van der Waals surface area contributed by atoms with Gasteiger partial charge in [0.05, 0.1) is 0 Å². The van der Waals surface area contributed by atoms with Gasteiger partial charge in [0.1, 0.15) is 23.9 Å². The van der Waals surface area contributed by atoms with Crippen molar-refractivity contribution in [2.75, 3.05) is 6.61 Å². The zero-order chi connectivity index (χ0) is 21.6. The van der Waals surface area contributed by atoms with Gasteiger partial charge in [-0.3, -0.25) is 4.79 Å². The van der Waals surface area contributed by atoms with Crippen molar-refractivity contribution in [3.8, 4) is 34.5 Å². The van der Waals surface area contributed by atoms with E-state index in [1.807, 2.05) is 30.3 Å². The number of aromatic nitrogens is 2. The highest BCUT2D eigenvalue weighted by atomic mass is 16.5. The molecule has 0 aliphatic rings. The summed E-state index contributed by atoms with van der Waals surface area (Å²) >= 11 is 0. The molecule has 0 atom stereocenters. The minimum Gasteiger partial charge on any atom is -0.486 e. The van der Waals surface area contributed by atoms with Crippen molar-refractivity contribution in [2.45, 2.75) is 20.0 Å². The van der Waals surface area contributed by atoms with Crippen molar-refractivity contribution in [1.82, 2.24) is 10.1 Å². The second kappa shape index (κ2) is 9.17. The largest absolute Gasteiger partial charge is 0.486 e. The fourth-order valence-electron chi connectivity index (χ4n) is 2.84. The molecule has 0 aliphatic carbocycles. The first-order valence-corrected chi connectivity index (χ1v) is 9.77. The summed E-state index contributed by atoms with van der Waals surface area (Å²) in [5.41, 5.74) is 7.05. The highest BCUT2D eigenvalue weighted by Crippen LogP contribution is 2.26. The van der Waals surface area contributed by atoms with Crippen LogP contribution in [0.5, 0.6) is 11.5 Å². The molecular formula is C23H21N3O5. The van der Waals surface area contributed by atoms with Gasteiger partial charge in [0, 0.05) is 5.56 Å². The minimum absolute atomic E-state index is 0.180. The molecule has 0 radical (unpaired) electrons. The Kier molecular flexibility index (Phi) is 5.98. The van der Waals surface area contributed by atoms with Crippen molar-refractivity contribution in [1.29, 1.82) is 0 Å². The lowest BCUT2D eigenvalue weighted by molar-refractivity contribution is -0.119. The maximum Gasteiger partial charge on any atom is 0.293 e. The molecule has 4 rings (SSSR count). The molecule has 4 aromatic rings. The van der Waals surface area contributed by atoms with Crippen LogP contribution < -0.4 is 15.2 Å². The highest BCUT2D eigenvalue weighted by molar-refractivity contribution is 5.75. The number of nitrogens with zero attached hydrogens (tertiary/aromatic N) is 2. The molecule has 0 fully saturated rings. The molecule has 8 heteroatoms. The molecule has 2 aromatic carbocycles. The van der Waals surface area contributed by atoms with E-state index in [1.54, 1.807) is 30.3 Å². The van der Waals surface area contributed by atoms with Gasteiger partial charge in [0.25, 0.3) is 11.8 Å². The number of hydrogen-bond donors (Lipinski definition) is 1. The van der Waals surface area contributed by atoms with Crippen LogP contribution in [0.25, 0.3) is 23.0 Å². The van der Waals surface area contributed by atoms with Gasteiger partial charge in [0.2, 0.25) is 5.82 Å². The predicted molar refractivity (Wildman–Crippen MR) is 112 cm³/mol.